The SMILES string of the molecule is O=C(N[C@@H]1C[C@H]2CC[C@@H]1N2)c1ccc(-c2ccccc2F)[nH]1. The zero-order chi connectivity index (χ0) is 15.1. The number of aromatic amines is 1. The Morgan fingerprint density at radius 3 is 2.77 bits per heavy atom. The molecule has 1 amide bonds. The third-order valence-corrected chi connectivity index (χ3v) is 4.71. The van der Waals surface area contributed by atoms with E-state index in [0.717, 1.165) is 12.8 Å². The third kappa shape index (κ3) is 2.31. The van der Waals surface area contributed by atoms with Crippen LogP contribution >= 0.6 is 0 Å². The molecule has 2 fully saturated rings. The minimum atomic E-state index is -0.298. The molecule has 0 radical (unpaired) electrons. The van der Waals surface area contributed by atoms with Crippen LogP contribution < -0.4 is 10.6 Å². The molecule has 2 bridgehead atoms. The van der Waals surface area contributed by atoms with Crippen molar-refractivity contribution in [2.45, 2.75) is 37.4 Å². The van der Waals surface area contributed by atoms with Crippen LogP contribution in [0.3, 0.4) is 0 Å². The standard InChI is InChI=1S/C17H18FN3O/c18-12-4-2-1-3-11(12)13-7-8-15(20-13)17(22)21-16-9-10-5-6-14(16)19-10/h1-4,7-8,10,14,16,19-20H,5-6,9H2,(H,21,22)/t10-,14+,16-/m1/s1. The van der Waals surface area contributed by atoms with Gasteiger partial charge in [-0.05, 0) is 43.5 Å². The lowest BCUT2D eigenvalue weighted by Crippen LogP contribution is -2.43. The summed E-state index contributed by atoms with van der Waals surface area (Å²) in [5, 5.41) is 6.58. The van der Waals surface area contributed by atoms with Gasteiger partial charge in [-0.3, -0.25) is 4.79 Å². The van der Waals surface area contributed by atoms with E-state index in [1.165, 1.54) is 12.5 Å². The highest BCUT2D eigenvalue weighted by atomic mass is 19.1. The molecular weight excluding hydrogens is 281 g/mol. The van der Waals surface area contributed by atoms with Gasteiger partial charge in [-0.1, -0.05) is 12.1 Å². The number of fused-ring (bicyclic) bond motifs is 2. The van der Waals surface area contributed by atoms with Crippen LogP contribution in [-0.4, -0.2) is 29.0 Å². The van der Waals surface area contributed by atoms with Gasteiger partial charge in [0.2, 0.25) is 0 Å². The Morgan fingerprint density at radius 1 is 1.18 bits per heavy atom. The molecule has 22 heavy (non-hydrogen) atoms. The predicted octanol–water partition coefficient (Wildman–Crippen LogP) is 2.44. The van der Waals surface area contributed by atoms with Crippen molar-refractivity contribution in [1.29, 1.82) is 0 Å². The van der Waals surface area contributed by atoms with Crippen molar-refractivity contribution in [3.8, 4) is 11.3 Å². The van der Waals surface area contributed by atoms with Crippen LogP contribution in [0, 0.1) is 5.82 Å². The van der Waals surface area contributed by atoms with Crippen molar-refractivity contribution in [2.24, 2.45) is 0 Å². The zero-order valence-corrected chi connectivity index (χ0v) is 12.1. The van der Waals surface area contributed by atoms with Crippen molar-refractivity contribution in [1.82, 2.24) is 15.6 Å². The molecule has 4 nitrogen and oxygen atoms in total. The molecular formula is C17H18FN3O. The van der Waals surface area contributed by atoms with Crippen molar-refractivity contribution in [2.75, 3.05) is 0 Å². The van der Waals surface area contributed by atoms with Crippen LogP contribution in [0.5, 0.6) is 0 Å². The first-order valence-electron chi connectivity index (χ1n) is 7.71. The molecule has 3 heterocycles. The molecule has 3 N–H and O–H groups in total. The summed E-state index contributed by atoms with van der Waals surface area (Å²) in [5.41, 5.74) is 1.57. The molecule has 2 aliphatic rings. The lowest BCUT2D eigenvalue weighted by molar-refractivity contribution is 0.0926. The summed E-state index contributed by atoms with van der Waals surface area (Å²) in [6, 6.07) is 11.1. The molecule has 5 heteroatoms. The molecule has 114 valence electrons. The average Bonchev–Trinajstić information content (AvgIpc) is 3.24. The maximum Gasteiger partial charge on any atom is 0.267 e. The Labute approximate surface area is 128 Å². The van der Waals surface area contributed by atoms with Crippen LogP contribution in [0.25, 0.3) is 11.3 Å². The Morgan fingerprint density at radius 2 is 2.05 bits per heavy atom. The van der Waals surface area contributed by atoms with Gasteiger partial charge in [0.1, 0.15) is 11.5 Å². The Hall–Kier alpha value is -2.14. The van der Waals surface area contributed by atoms with Crippen LogP contribution in [0.1, 0.15) is 29.8 Å². The van der Waals surface area contributed by atoms with E-state index in [0.29, 0.717) is 29.0 Å². The maximum atomic E-state index is 13.8. The number of H-pyrrole nitrogens is 1. The molecule has 2 aliphatic heterocycles. The first-order chi connectivity index (χ1) is 10.7. The van der Waals surface area contributed by atoms with Crippen molar-refractivity contribution in [3.63, 3.8) is 0 Å². The lowest BCUT2D eigenvalue weighted by Gasteiger charge is -2.21. The van der Waals surface area contributed by atoms with Gasteiger partial charge in [-0.25, -0.2) is 4.39 Å². The van der Waals surface area contributed by atoms with Crippen LogP contribution in [0.4, 0.5) is 4.39 Å². The van der Waals surface area contributed by atoms with Crippen LogP contribution in [-0.2, 0) is 0 Å². The summed E-state index contributed by atoms with van der Waals surface area (Å²) in [5.74, 6) is -0.421. The number of halogens is 1. The average molecular weight is 299 g/mol. The fraction of sp³-hybridized carbons (Fsp3) is 0.353. The Balaban J connectivity index is 1.49. The van der Waals surface area contributed by atoms with Crippen molar-refractivity contribution >= 4 is 5.91 Å². The number of rotatable bonds is 3. The second-order valence-electron chi connectivity index (χ2n) is 6.13. The molecule has 1 aromatic carbocycles. The van der Waals surface area contributed by atoms with Gasteiger partial charge in [0.05, 0.1) is 0 Å². The maximum absolute atomic E-state index is 13.8. The van der Waals surface area contributed by atoms with E-state index in [1.54, 1.807) is 30.3 Å². The van der Waals surface area contributed by atoms with E-state index >= 15 is 0 Å². The largest absolute Gasteiger partial charge is 0.350 e. The van der Waals surface area contributed by atoms with Crippen LogP contribution in [0.2, 0.25) is 0 Å². The molecule has 0 unspecified atom stereocenters. The summed E-state index contributed by atoms with van der Waals surface area (Å²) >= 11 is 0. The highest BCUT2D eigenvalue weighted by Crippen LogP contribution is 2.28. The number of nitrogens with one attached hydrogen (secondary N) is 3. The van der Waals surface area contributed by atoms with E-state index in [4.69, 9.17) is 0 Å². The van der Waals surface area contributed by atoms with E-state index in [-0.39, 0.29) is 17.8 Å². The van der Waals surface area contributed by atoms with Gasteiger partial charge in [-0.2, -0.15) is 0 Å². The molecule has 0 spiro atoms. The molecule has 2 saturated heterocycles. The minimum Gasteiger partial charge on any atom is -0.350 e. The third-order valence-electron chi connectivity index (χ3n) is 4.71. The monoisotopic (exact) mass is 299 g/mol. The second kappa shape index (κ2) is 5.25. The Bertz CT molecular complexity index is 711. The van der Waals surface area contributed by atoms with Crippen molar-refractivity contribution < 1.29 is 9.18 Å². The number of amides is 1. The first kappa shape index (κ1) is 13.5. The van der Waals surface area contributed by atoms with Gasteiger partial charge in [-0.15, -0.1) is 0 Å². The first-order valence-corrected chi connectivity index (χ1v) is 7.71. The fourth-order valence-electron chi connectivity index (χ4n) is 3.59. The number of benzene rings is 1. The van der Waals surface area contributed by atoms with Gasteiger partial charge in [0.25, 0.3) is 5.91 Å². The van der Waals surface area contributed by atoms with Gasteiger partial charge in [0.15, 0.2) is 0 Å². The molecule has 2 aromatic rings. The molecule has 1 aromatic heterocycles. The topological polar surface area (TPSA) is 56.9 Å². The molecule has 0 aliphatic carbocycles. The Kier molecular flexibility index (Phi) is 3.22. The highest BCUT2D eigenvalue weighted by Gasteiger charge is 2.39. The molecule has 0 saturated carbocycles. The normalized spacial score (nSPS) is 26.3. The van der Waals surface area contributed by atoms with Crippen LogP contribution in [0.15, 0.2) is 36.4 Å². The summed E-state index contributed by atoms with van der Waals surface area (Å²) in [4.78, 5) is 15.4. The van der Waals surface area contributed by atoms with E-state index < -0.39 is 0 Å². The smallest absolute Gasteiger partial charge is 0.267 e. The quantitative estimate of drug-likeness (QED) is 0.815. The minimum absolute atomic E-state index is 0.123. The summed E-state index contributed by atoms with van der Waals surface area (Å²) in [7, 11) is 0. The highest BCUT2D eigenvalue weighted by molar-refractivity contribution is 5.93. The molecule has 4 rings (SSSR count). The number of hydrogen-bond donors (Lipinski definition) is 3. The molecule has 3 atom stereocenters. The van der Waals surface area contributed by atoms with Gasteiger partial charge < -0.3 is 15.6 Å². The van der Waals surface area contributed by atoms with E-state index in [9.17, 15) is 9.18 Å². The number of aromatic nitrogens is 1. The fourth-order valence-corrected chi connectivity index (χ4v) is 3.59. The van der Waals surface area contributed by atoms with E-state index in [1.807, 2.05) is 0 Å². The second-order valence-corrected chi connectivity index (χ2v) is 6.13. The number of carbonyl (C=O) groups excluding carboxylic acids is 1. The zero-order valence-electron chi connectivity index (χ0n) is 12.1. The van der Waals surface area contributed by atoms with Gasteiger partial charge in [0, 0.05) is 29.4 Å². The predicted molar refractivity (Wildman–Crippen MR) is 82.0 cm³/mol. The number of hydrogen-bond acceptors (Lipinski definition) is 2. The van der Waals surface area contributed by atoms with Crippen molar-refractivity contribution in [3.05, 3.63) is 47.9 Å². The summed E-state index contributed by atoms with van der Waals surface area (Å²) in [6.45, 7) is 0. The summed E-state index contributed by atoms with van der Waals surface area (Å²) in [6.07, 6.45) is 3.33. The van der Waals surface area contributed by atoms with Gasteiger partial charge >= 0.3 is 0 Å². The number of carbonyl (C=O) groups is 1. The van der Waals surface area contributed by atoms with E-state index in [2.05, 4.69) is 15.6 Å². The summed E-state index contributed by atoms with van der Waals surface area (Å²) < 4.78 is 13.8. The lowest BCUT2D eigenvalue weighted by atomic mass is 9.95.